The van der Waals surface area contributed by atoms with E-state index in [0.29, 0.717) is 0 Å². The van der Waals surface area contributed by atoms with E-state index in [1.165, 1.54) is 25.0 Å². The molecule has 0 spiro atoms. The van der Waals surface area contributed by atoms with Gasteiger partial charge < -0.3 is 5.32 Å². The third kappa shape index (κ3) is 4.35. The zero-order valence-electron chi connectivity index (χ0n) is 10.9. The maximum atomic E-state index is 4.39. The Morgan fingerprint density at radius 2 is 2.19 bits per heavy atom. The summed E-state index contributed by atoms with van der Waals surface area (Å²) in [6.07, 6.45) is 5.62. The van der Waals surface area contributed by atoms with E-state index in [9.17, 15) is 0 Å². The first-order valence-electron chi connectivity index (χ1n) is 6.49. The molecular formula is C13H25N3. The lowest BCUT2D eigenvalue weighted by atomic mass is 10.1. The van der Waals surface area contributed by atoms with Crippen LogP contribution in [0.5, 0.6) is 0 Å². The summed E-state index contributed by atoms with van der Waals surface area (Å²) in [6, 6.07) is 2.11. The van der Waals surface area contributed by atoms with Gasteiger partial charge in [0.15, 0.2) is 0 Å². The van der Waals surface area contributed by atoms with E-state index >= 15 is 0 Å². The van der Waals surface area contributed by atoms with Gasteiger partial charge in [-0.25, -0.2) is 0 Å². The van der Waals surface area contributed by atoms with Crippen LogP contribution in [0.1, 0.15) is 45.7 Å². The summed E-state index contributed by atoms with van der Waals surface area (Å²) < 4.78 is 2.14. The van der Waals surface area contributed by atoms with Gasteiger partial charge in [-0.1, -0.05) is 27.2 Å². The van der Waals surface area contributed by atoms with Crippen LogP contribution in [0.15, 0.2) is 12.3 Å². The van der Waals surface area contributed by atoms with Crippen LogP contribution in [-0.4, -0.2) is 16.3 Å². The molecule has 0 aliphatic heterocycles. The molecule has 0 radical (unpaired) electrons. The predicted molar refractivity (Wildman–Crippen MR) is 68.3 cm³/mol. The highest BCUT2D eigenvalue weighted by atomic mass is 15.3. The van der Waals surface area contributed by atoms with Crippen LogP contribution >= 0.6 is 0 Å². The molecule has 0 saturated carbocycles. The normalized spacial score (nSPS) is 12.9. The Hall–Kier alpha value is -0.830. The molecule has 1 atom stereocenters. The van der Waals surface area contributed by atoms with Crippen molar-refractivity contribution in [2.24, 2.45) is 5.92 Å². The van der Waals surface area contributed by atoms with Crippen molar-refractivity contribution in [1.29, 1.82) is 0 Å². The first-order chi connectivity index (χ1) is 7.77. The number of aromatic nitrogens is 2. The van der Waals surface area contributed by atoms with Crippen molar-refractivity contribution < 1.29 is 0 Å². The van der Waals surface area contributed by atoms with E-state index in [-0.39, 0.29) is 0 Å². The second-order valence-electron chi connectivity index (χ2n) is 4.58. The Morgan fingerprint density at radius 1 is 1.38 bits per heavy atom. The molecule has 0 aliphatic carbocycles. The van der Waals surface area contributed by atoms with Gasteiger partial charge in [0, 0.05) is 19.3 Å². The fourth-order valence-corrected chi connectivity index (χ4v) is 1.95. The molecule has 1 unspecified atom stereocenters. The highest BCUT2D eigenvalue weighted by Gasteiger charge is 2.06. The topological polar surface area (TPSA) is 29.9 Å². The van der Waals surface area contributed by atoms with E-state index in [4.69, 9.17) is 0 Å². The lowest BCUT2D eigenvalue weighted by Crippen LogP contribution is -2.19. The summed E-state index contributed by atoms with van der Waals surface area (Å²) in [4.78, 5) is 0. The van der Waals surface area contributed by atoms with E-state index in [1.807, 2.05) is 6.20 Å². The summed E-state index contributed by atoms with van der Waals surface area (Å²) in [5, 5.41) is 7.82. The van der Waals surface area contributed by atoms with Crippen LogP contribution in [-0.2, 0) is 13.1 Å². The fraction of sp³-hybridized carbons (Fsp3) is 0.769. The Kier molecular flexibility index (Phi) is 6.16. The molecule has 92 valence electrons. The third-order valence-electron chi connectivity index (χ3n) is 2.80. The minimum absolute atomic E-state index is 0.717. The van der Waals surface area contributed by atoms with Crippen LogP contribution in [0.4, 0.5) is 0 Å². The molecule has 0 aliphatic rings. The number of rotatable bonds is 8. The molecule has 1 N–H and O–H groups in total. The lowest BCUT2D eigenvalue weighted by Gasteiger charge is -2.13. The van der Waals surface area contributed by atoms with E-state index in [1.54, 1.807) is 0 Å². The van der Waals surface area contributed by atoms with E-state index in [0.717, 1.165) is 25.6 Å². The Bertz CT molecular complexity index is 280. The monoisotopic (exact) mass is 223 g/mol. The first-order valence-corrected chi connectivity index (χ1v) is 6.49. The van der Waals surface area contributed by atoms with Gasteiger partial charge in [0.1, 0.15) is 0 Å². The number of hydrogen-bond donors (Lipinski definition) is 1. The zero-order valence-corrected chi connectivity index (χ0v) is 10.9. The molecule has 1 aromatic rings. The summed E-state index contributed by atoms with van der Waals surface area (Å²) in [7, 11) is 0. The maximum Gasteiger partial charge on any atom is 0.0522 e. The minimum Gasteiger partial charge on any atom is -0.311 e. The van der Waals surface area contributed by atoms with Gasteiger partial charge in [-0.15, -0.1) is 0 Å². The first kappa shape index (κ1) is 13.2. The quantitative estimate of drug-likeness (QED) is 0.687. The van der Waals surface area contributed by atoms with Crippen LogP contribution < -0.4 is 5.32 Å². The van der Waals surface area contributed by atoms with Gasteiger partial charge >= 0.3 is 0 Å². The van der Waals surface area contributed by atoms with Crippen molar-refractivity contribution in [2.45, 2.75) is 53.1 Å². The molecule has 1 aromatic heterocycles. The van der Waals surface area contributed by atoms with Crippen molar-refractivity contribution in [1.82, 2.24) is 15.1 Å². The number of hydrogen-bond acceptors (Lipinski definition) is 2. The SMILES string of the molecule is CCCNCc1ccnn1CC(C)CCC. The Balaban J connectivity index is 2.43. The maximum absolute atomic E-state index is 4.39. The third-order valence-corrected chi connectivity index (χ3v) is 2.80. The smallest absolute Gasteiger partial charge is 0.0522 e. The molecule has 1 heterocycles. The molecule has 0 amide bonds. The molecule has 0 fully saturated rings. The van der Waals surface area contributed by atoms with Gasteiger partial charge in [-0.05, 0) is 31.4 Å². The van der Waals surface area contributed by atoms with Gasteiger partial charge in [-0.3, -0.25) is 4.68 Å². The molecule has 0 saturated heterocycles. The van der Waals surface area contributed by atoms with Gasteiger partial charge in [-0.2, -0.15) is 5.10 Å². The van der Waals surface area contributed by atoms with E-state index < -0.39 is 0 Å². The standard InChI is InChI=1S/C13H25N3/c1-4-6-12(3)11-16-13(7-9-15-16)10-14-8-5-2/h7,9,12,14H,4-6,8,10-11H2,1-3H3. The van der Waals surface area contributed by atoms with Crippen LogP contribution in [0.25, 0.3) is 0 Å². The molecule has 0 aromatic carbocycles. The molecule has 3 nitrogen and oxygen atoms in total. The van der Waals surface area contributed by atoms with Crippen molar-refractivity contribution in [3.63, 3.8) is 0 Å². The Labute approximate surface area is 99.2 Å². The van der Waals surface area contributed by atoms with Crippen molar-refractivity contribution in [3.05, 3.63) is 18.0 Å². The average Bonchev–Trinajstić information content (AvgIpc) is 2.66. The summed E-state index contributed by atoms with van der Waals surface area (Å²) in [5.41, 5.74) is 1.30. The highest BCUT2D eigenvalue weighted by molar-refractivity contribution is 5.00. The fourth-order valence-electron chi connectivity index (χ4n) is 1.95. The number of nitrogens with one attached hydrogen (secondary N) is 1. The van der Waals surface area contributed by atoms with Gasteiger partial charge in [0.05, 0.1) is 5.69 Å². The van der Waals surface area contributed by atoms with Crippen LogP contribution in [0, 0.1) is 5.92 Å². The second kappa shape index (κ2) is 7.44. The predicted octanol–water partition coefficient (Wildman–Crippen LogP) is 2.82. The molecule has 16 heavy (non-hydrogen) atoms. The average molecular weight is 223 g/mol. The van der Waals surface area contributed by atoms with Crippen molar-refractivity contribution in [3.8, 4) is 0 Å². The second-order valence-corrected chi connectivity index (χ2v) is 4.58. The highest BCUT2D eigenvalue weighted by Crippen LogP contribution is 2.09. The van der Waals surface area contributed by atoms with Crippen molar-refractivity contribution >= 4 is 0 Å². The summed E-state index contributed by atoms with van der Waals surface area (Å²) in [6.45, 7) is 9.79. The van der Waals surface area contributed by atoms with Crippen molar-refractivity contribution in [2.75, 3.05) is 6.54 Å². The Morgan fingerprint density at radius 3 is 2.88 bits per heavy atom. The zero-order chi connectivity index (χ0) is 11.8. The minimum atomic E-state index is 0.717. The molecular weight excluding hydrogens is 198 g/mol. The summed E-state index contributed by atoms with van der Waals surface area (Å²) in [5.74, 6) is 0.717. The van der Waals surface area contributed by atoms with Crippen LogP contribution in [0.3, 0.4) is 0 Å². The van der Waals surface area contributed by atoms with Crippen LogP contribution in [0.2, 0.25) is 0 Å². The molecule has 3 heteroatoms. The van der Waals surface area contributed by atoms with E-state index in [2.05, 4.69) is 41.9 Å². The van der Waals surface area contributed by atoms with Gasteiger partial charge in [0.25, 0.3) is 0 Å². The largest absolute Gasteiger partial charge is 0.311 e. The molecule has 1 rings (SSSR count). The number of nitrogens with zero attached hydrogens (tertiary/aromatic N) is 2. The lowest BCUT2D eigenvalue weighted by molar-refractivity contribution is 0.408. The molecule has 0 bridgehead atoms. The van der Waals surface area contributed by atoms with Gasteiger partial charge in [0.2, 0.25) is 0 Å². The summed E-state index contributed by atoms with van der Waals surface area (Å²) >= 11 is 0.